The van der Waals surface area contributed by atoms with E-state index in [0.717, 1.165) is 10.8 Å². The van der Waals surface area contributed by atoms with E-state index < -0.39 is 11.7 Å². The Morgan fingerprint density at radius 2 is 1.72 bits per heavy atom. The number of aliphatic hydroxyl groups excluding tert-OH is 1. The van der Waals surface area contributed by atoms with Gasteiger partial charge in [-0.2, -0.15) is 0 Å². The van der Waals surface area contributed by atoms with Gasteiger partial charge in [0.2, 0.25) is 0 Å². The highest BCUT2D eigenvalue weighted by Gasteiger charge is 2.17. The van der Waals surface area contributed by atoms with Crippen LogP contribution in [0, 0.1) is 6.92 Å². The molecule has 2 N–H and O–H groups in total. The van der Waals surface area contributed by atoms with Gasteiger partial charge in [-0.1, -0.05) is 30.3 Å². The molecule has 164 valence electrons. The van der Waals surface area contributed by atoms with Crippen molar-refractivity contribution in [3.05, 3.63) is 82.2 Å². The van der Waals surface area contributed by atoms with E-state index in [1.165, 1.54) is 17.0 Å². The summed E-state index contributed by atoms with van der Waals surface area (Å²) in [7, 11) is 1.58. The highest BCUT2D eigenvalue weighted by atomic mass is 16.5. The van der Waals surface area contributed by atoms with Gasteiger partial charge in [0.15, 0.2) is 6.61 Å². The molecule has 0 saturated carbocycles. The Bertz CT molecular complexity index is 1340. The topological polar surface area (TPSA) is 100 Å². The minimum atomic E-state index is -0.894. The van der Waals surface area contributed by atoms with E-state index in [4.69, 9.17) is 9.15 Å². The number of fused-ring (bicyclic) bond motifs is 3. The van der Waals surface area contributed by atoms with Gasteiger partial charge in [-0.3, -0.25) is 4.79 Å². The van der Waals surface area contributed by atoms with E-state index in [-0.39, 0.29) is 24.8 Å². The minimum Gasteiger partial charge on any atom is -0.508 e. The van der Waals surface area contributed by atoms with Crippen LogP contribution < -0.4 is 10.4 Å². The fourth-order valence-electron chi connectivity index (χ4n) is 3.63. The number of carbonyl (C=O) groups excluding carboxylic acids is 1. The fourth-order valence-corrected chi connectivity index (χ4v) is 3.63. The van der Waals surface area contributed by atoms with Crippen LogP contribution in [0.25, 0.3) is 21.7 Å². The zero-order chi connectivity index (χ0) is 22.8. The number of hydrogen-bond acceptors (Lipinski definition) is 6. The molecule has 0 aliphatic heterocycles. The lowest BCUT2D eigenvalue weighted by atomic mass is 10.0. The van der Waals surface area contributed by atoms with Crippen LogP contribution >= 0.6 is 0 Å². The summed E-state index contributed by atoms with van der Waals surface area (Å²) >= 11 is 0. The van der Waals surface area contributed by atoms with Crippen molar-refractivity contribution in [2.24, 2.45) is 0 Å². The van der Waals surface area contributed by atoms with Gasteiger partial charge < -0.3 is 24.3 Å². The number of nitrogens with zero attached hydrogens (tertiary/aromatic N) is 1. The number of rotatable bonds is 6. The molecule has 0 aliphatic rings. The lowest BCUT2D eigenvalue weighted by Crippen LogP contribution is -2.34. The summed E-state index contributed by atoms with van der Waals surface area (Å²) in [6, 6.07) is 17.0. The second-order valence-corrected chi connectivity index (χ2v) is 7.67. The standard InChI is InChI=1S/C25H23NO6/c1-15-22(12-11-19-18-5-3-4-6-20(18)25(30)32-24(15)19)31-14-23(29)26(2)13-21(28)16-7-9-17(27)10-8-16/h3-12,21,27-28H,13-14H2,1-2H3/t21-/m0/s1. The van der Waals surface area contributed by atoms with Crippen LogP contribution in [0.15, 0.2) is 69.9 Å². The molecular formula is C25H23NO6. The molecule has 3 aromatic carbocycles. The van der Waals surface area contributed by atoms with E-state index >= 15 is 0 Å². The second-order valence-electron chi connectivity index (χ2n) is 7.67. The molecule has 4 rings (SSSR count). The van der Waals surface area contributed by atoms with Crippen molar-refractivity contribution >= 4 is 27.6 Å². The van der Waals surface area contributed by atoms with E-state index in [2.05, 4.69) is 0 Å². The monoisotopic (exact) mass is 433 g/mol. The first-order valence-electron chi connectivity index (χ1n) is 10.1. The first-order chi connectivity index (χ1) is 15.3. The molecule has 0 bridgehead atoms. The molecule has 0 aliphatic carbocycles. The van der Waals surface area contributed by atoms with Crippen molar-refractivity contribution in [1.82, 2.24) is 4.90 Å². The summed E-state index contributed by atoms with van der Waals surface area (Å²) in [6.45, 7) is 1.62. The smallest absolute Gasteiger partial charge is 0.344 e. The fraction of sp³-hybridized carbons (Fsp3) is 0.200. The van der Waals surface area contributed by atoms with Gasteiger partial charge in [0.05, 0.1) is 18.0 Å². The summed E-state index contributed by atoms with van der Waals surface area (Å²) in [5, 5.41) is 21.8. The molecule has 7 heteroatoms. The highest BCUT2D eigenvalue weighted by Crippen LogP contribution is 2.30. The Kier molecular flexibility index (Phi) is 5.83. The van der Waals surface area contributed by atoms with Crippen LogP contribution in [-0.4, -0.2) is 41.2 Å². The van der Waals surface area contributed by atoms with Crippen molar-refractivity contribution in [2.75, 3.05) is 20.2 Å². The Hall–Kier alpha value is -3.84. The van der Waals surface area contributed by atoms with E-state index in [9.17, 15) is 19.8 Å². The predicted molar refractivity (Wildman–Crippen MR) is 121 cm³/mol. The van der Waals surface area contributed by atoms with Crippen molar-refractivity contribution < 1.29 is 24.2 Å². The zero-order valence-corrected chi connectivity index (χ0v) is 17.7. The third kappa shape index (κ3) is 4.15. The number of aromatic hydroxyl groups is 1. The SMILES string of the molecule is Cc1c(OCC(=O)N(C)C[C@H](O)c2ccc(O)cc2)ccc2c1oc(=O)c1ccccc12. The van der Waals surface area contributed by atoms with Gasteiger partial charge in [-0.05, 0) is 48.2 Å². The van der Waals surface area contributed by atoms with Crippen molar-refractivity contribution in [2.45, 2.75) is 13.0 Å². The van der Waals surface area contributed by atoms with E-state index in [0.29, 0.717) is 27.8 Å². The maximum Gasteiger partial charge on any atom is 0.344 e. The van der Waals surface area contributed by atoms with Crippen LogP contribution in [0.3, 0.4) is 0 Å². The average molecular weight is 433 g/mol. The molecule has 0 spiro atoms. The number of amides is 1. The maximum atomic E-state index is 12.5. The molecule has 1 heterocycles. The van der Waals surface area contributed by atoms with Gasteiger partial charge in [0, 0.05) is 18.0 Å². The van der Waals surface area contributed by atoms with Crippen LogP contribution in [-0.2, 0) is 4.79 Å². The number of phenols is 1. The van der Waals surface area contributed by atoms with Crippen LogP contribution in [0.2, 0.25) is 0 Å². The Labute approximate surface area is 184 Å². The summed E-state index contributed by atoms with van der Waals surface area (Å²) in [4.78, 5) is 26.2. The quantitative estimate of drug-likeness (QED) is 0.356. The van der Waals surface area contributed by atoms with E-state index in [1.54, 1.807) is 44.3 Å². The summed E-state index contributed by atoms with van der Waals surface area (Å²) in [5.74, 6) is 0.229. The summed E-state index contributed by atoms with van der Waals surface area (Å²) in [6.07, 6.45) is -0.894. The third-order valence-electron chi connectivity index (χ3n) is 5.49. The zero-order valence-electron chi connectivity index (χ0n) is 17.7. The van der Waals surface area contributed by atoms with Gasteiger partial charge in [-0.15, -0.1) is 0 Å². The van der Waals surface area contributed by atoms with Gasteiger partial charge in [0.25, 0.3) is 5.91 Å². The molecule has 1 aromatic heterocycles. The second kappa shape index (κ2) is 8.72. The van der Waals surface area contributed by atoms with Crippen molar-refractivity contribution in [3.8, 4) is 11.5 Å². The lowest BCUT2D eigenvalue weighted by molar-refractivity contribution is -0.133. The highest BCUT2D eigenvalue weighted by molar-refractivity contribution is 6.05. The Balaban J connectivity index is 1.48. The minimum absolute atomic E-state index is 0.0739. The molecule has 32 heavy (non-hydrogen) atoms. The predicted octanol–water partition coefficient (Wildman–Crippen LogP) is 3.53. The van der Waals surface area contributed by atoms with Crippen LogP contribution in [0.5, 0.6) is 11.5 Å². The number of likely N-dealkylation sites (N-methyl/N-ethyl adjacent to an activating group) is 1. The average Bonchev–Trinajstić information content (AvgIpc) is 2.79. The lowest BCUT2D eigenvalue weighted by Gasteiger charge is -2.21. The van der Waals surface area contributed by atoms with Crippen molar-refractivity contribution in [1.29, 1.82) is 0 Å². The normalized spacial score (nSPS) is 12.1. The molecule has 1 amide bonds. The summed E-state index contributed by atoms with van der Waals surface area (Å²) < 4.78 is 11.2. The first-order valence-corrected chi connectivity index (χ1v) is 10.1. The molecule has 0 fully saturated rings. The molecule has 0 saturated heterocycles. The molecule has 0 unspecified atom stereocenters. The maximum absolute atomic E-state index is 12.5. The Morgan fingerprint density at radius 3 is 2.44 bits per heavy atom. The van der Waals surface area contributed by atoms with Crippen molar-refractivity contribution in [3.63, 3.8) is 0 Å². The number of phenolic OH excluding ortho intramolecular Hbond substituents is 1. The molecule has 0 radical (unpaired) electrons. The molecule has 1 atom stereocenters. The number of ether oxygens (including phenoxy) is 1. The number of carbonyl (C=O) groups is 1. The van der Waals surface area contributed by atoms with Gasteiger partial charge in [0.1, 0.15) is 17.1 Å². The third-order valence-corrected chi connectivity index (χ3v) is 5.49. The number of aliphatic hydroxyl groups is 1. The summed E-state index contributed by atoms with van der Waals surface area (Å²) in [5.41, 5.74) is 1.23. The Morgan fingerprint density at radius 1 is 1.03 bits per heavy atom. The van der Waals surface area contributed by atoms with E-state index in [1.807, 2.05) is 18.2 Å². The number of aryl methyl sites for hydroxylation is 1. The van der Waals surface area contributed by atoms with Gasteiger partial charge in [-0.25, -0.2) is 4.79 Å². The number of hydrogen-bond donors (Lipinski definition) is 2. The molecular weight excluding hydrogens is 410 g/mol. The largest absolute Gasteiger partial charge is 0.508 e. The molecule has 7 nitrogen and oxygen atoms in total. The molecule has 4 aromatic rings. The van der Waals surface area contributed by atoms with Crippen LogP contribution in [0.4, 0.5) is 0 Å². The number of benzene rings is 3. The van der Waals surface area contributed by atoms with Crippen LogP contribution in [0.1, 0.15) is 17.2 Å². The van der Waals surface area contributed by atoms with Gasteiger partial charge >= 0.3 is 5.63 Å². The first kappa shape index (κ1) is 21.4.